The van der Waals surface area contributed by atoms with Crippen molar-refractivity contribution in [3.63, 3.8) is 0 Å². The van der Waals surface area contributed by atoms with Crippen molar-refractivity contribution in [1.82, 2.24) is 14.9 Å². The number of carbonyl (C=O) groups is 1. The fraction of sp³-hybridized carbons (Fsp3) is 0.522. The standard InChI is InChI=1S/C23H33N3O2S/c1-6-10-20(21(27)24-14-13-16(2)3)29-23-25-17(4)19(22(28)26(23)5)15-18-11-8-7-9-12-18/h7-9,11-12,16,20H,6,10,13-15H2,1-5H3,(H,24,27)/t20-/m1/s1. The number of nitrogens with zero attached hydrogens (tertiary/aromatic N) is 2. The molecule has 1 N–H and O–H groups in total. The Morgan fingerprint density at radius 1 is 1.21 bits per heavy atom. The zero-order valence-electron chi connectivity index (χ0n) is 18.2. The van der Waals surface area contributed by atoms with Gasteiger partial charge in [-0.3, -0.25) is 14.2 Å². The maximum atomic E-state index is 13.0. The summed E-state index contributed by atoms with van der Waals surface area (Å²) >= 11 is 1.39. The van der Waals surface area contributed by atoms with Crippen LogP contribution in [0.2, 0.25) is 0 Å². The highest BCUT2D eigenvalue weighted by atomic mass is 32.2. The summed E-state index contributed by atoms with van der Waals surface area (Å²) in [5.74, 6) is 0.577. The lowest BCUT2D eigenvalue weighted by molar-refractivity contribution is -0.120. The average molecular weight is 416 g/mol. The van der Waals surface area contributed by atoms with Gasteiger partial charge in [0.05, 0.1) is 5.25 Å². The highest BCUT2D eigenvalue weighted by Gasteiger charge is 2.22. The van der Waals surface area contributed by atoms with Crippen molar-refractivity contribution in [2.45, 2.75) is 63.8 Å². The minimum Gasteiger partial charge on any atom is -0.355 e. The SMILES string of the molecule is CCC[C@@H](Sc1nc(C)c(Cc2ccccc2)c(=O)n1C)C(=O)NCCC(C)C. The molecule has 29 heavy (non-hydrogen) atoms. The van der Waals surface area contributed by atoms with Crippen LogP contribution in [0.25, 0.3) is 0 Å². The highest BCUT2D eigenvalue weighted by Crippen LogP contribution is 2.25. The van der Waals surface area contributed by atoms with E-state index < -0.39 is 0 Å². The molecule has 0 radical (unpaired) electrons. The zero-order valence-corrected chi connectivity index (χ0v) is 19.0. The Morgan fingerprint density at radius 2 is 1.90 bits per heavy atom. The summed E-state index contributed by atoms with van der Waals surface area (Å²) in [6.45, 7) is 8.91. The van der Waals surface area contributed by atoms with Gasteiger partial charge in [-0.25, -0.2) is 4.98 Å². The lowest BCUT2D eigenvalue weighted by Gasteiger charge is -2.18. The number of thioether (sulfide) groups is 1. The van der Waals surface area contributed by atoms with Gasteiger partial charge in [0.1, 0.15) is 0 Å². The normalized spacial score (nSPS) is 12.2. The monoisotopic (exact) mass is 415 g/mol. The molecule has 1 aromatic carbocycles. The second kappa shape index (κ2) is 11.2. The predicted molar refractivity (Wildman–Crippen MR) is 120 cm³/mol. The lowest BCUT2D eigenvalue weighted by atomic mass is 10.1. The molecule has 0 saturated heterocycles. The van der Waals surface area contributed by atoms with Crippen molar-refractivity contribution in [1.29, 1.82) is 0 Å². The van der Waals surface area contributed by atoms with E-state index in [4.69, 9.17) is 0 Å². The number of hydrogen-bond donors (Lipinski definition) is 1. The third-order valence-corrected chi connectivity index (χ3v) is 6.20. The number of hydrogen-bond acceptors (Lipinski definition) is 4. The first-order valence-electron chi connectivity index (χ1n) is 10.4. The molecule has 0 spiro atoms. The average Bonchev–Trinajstić information content (AvgIpc) is 2.69. The molecule has 2 aromatic rings. The van der Waals surface area contributed by atoms with Crippen molar-refractivity contribution < 1.29 is 4.79 Å². The quantitative estimate of drug-likeness (QED) is 0.469. The van der Waals surface area contributed by atoms with Crippen LogP contribution in [0.3, 0.4) is 0 Å². The van der Waals surface area contributed by atoms with Crippen molar-refractivity contribution in [2.24, 2.45) is 13.0 Å². The summed E-state index contributed by atoms with van der Waals surface area (Å²) in [7, 11) is 1.74. The molecular formula is C23H33N3O2S. The first-order valence-corrected chi connectivity index (χ1v) is 11.3. The fourth-order valence-electron chi connectivity index (χ4n) is 3.07. The van der Waals surface area contributed by atoms with Crippen molar-refractivity contribution >= 4 is 17.7 Å². The van der Waals surface area contributed by atoms with Crippen molar-refractivity contribution in [3.05, 3.63) is 57.5 Å². The lowest BCUT2D eigenvalue weighted by Crippen LogP contribution is -2.35. The van der Waals surface area contributed by atoms with Gasteiger partial charge < -0.3 is 5.32 Å². The molecule has 1 amide bonds. The maximum Gasteiger partial charge on any atom is 0.257 e. The summed E-state index contributed by atoms with van der Waals surface area (Å²) in [5, 5.41) is 3.39. The number of nitrogens with one attached hydrogen (secondary N) is 1. The maximum absolute atomic E-state index is 13.0. The molecule has 0 aliphatic rings. The molecule has 6 heteroatoms. The third-order valence-electron chi connectivity index (χ3n) is 4.89. The molecule has 5 nitrogen and oxygen atoms in total. The van der Waals surface area contributed by atoms with E-state index in [1.807, 2.05) is 37.3 Å². The topological polar surface area (TPSA) is 64.0 Å². The van der Waals surface area contributed by atoms with Crippen LogP contribution < -0.4 is 10.9 Å². The van der Waals surface area contributed by atoms with Crippen LogP contribution in [0.4, 0.5) is 0 Å². The van der Waals surface area contributed by atoms with Gasteiger partial charge in [0, 0.05) is 31.3 Å². The first kappa shape index (κ1) is 23.2. The van der Waals surface area contributed by atoms with Crippen molar-refractivity contribution in [3.8, 4) is 0 Å². The van der Waals surface area contributed by atoms with Gasteiger partial charge in [-0.2, -0.15) is 0 Å². The molecule has 1 atom stereocenters. The second-order valence-corrected chi connectivity index (χ2v) is 9.02. The molecule has 0 saturated carbocycles. The van der Waals surface area contributed by atoms with Crippen LogP contribution in [0.15, 0.2) is 40.3 Å². The Bertz CT molecular complexity index is 862. The highest BCUT2D eigenvalue weighted by molar-refractivity contribution is 8.00. The molecule has 1 aromatic heterocycles. The van der Waals surface area contributed by atoms with E-state index in [1.54, 1.807) is 11.6 Å². The van der Waals surface area contributed by atoms with Crippen LogP contribution >= 0.6 is 11.8 Å². The van der Waals surface area contributed by atoms with Gasteiger partial charge in [0.15, 0.2) is 5.16 Å². The van der Waals surface area contributed by atoms with E-state index in [0.29, 0.717) is 29.6 Å². The van der Waals surface area contributed by atoms with Gasteiger partial charge in [-0.1, -0.05) is 69.3 Å². The van der Waals surface area contributed by atoms with Gasteiger partial charge in [0.2, 0.25) is 5.91 Å². The minimum atomic E-state index is -0.246. The largest absolute Gasteiger partial charge is 0.355 e. The summed E-state index contributed by atoms with van der Waals surface area (Å²) in [5.41, 5.74) is 2.48. The Balaban J connectivity index is 2.20. The predicted octanol–water partition coefficient (Wildman–Crippen LogP) is 4.10. The zero-order chi connectivity index (χ0) is 21.4. The molecule has 0 unspecified atom stereocenters. The Hall–Kier alpha value is -2.08. The van der Waals surface area contributed by atoms with Gasteiger partial charge in [0.25, 0.3) is 5.56 Å². The third kappa shape index (κ3) is 6.74. The van der Waals surface area contributed by atoms with Gasteiger partial charge >= 0.3 is 0 Å². The molecule has 0 bridgehead atoms. The van der Waals surface area contributed by atoms with Crippen LogP contribution in [0.1, 0.15) is 56.9 Å². The number of amides is 1. The molecule has 0 fully saturated rings. The Labute approximate surface area is 178 Å². The fourth-order valence-corrected chi connectivity index (χ4v) is 4.30. The number of rotatable bonds is 10. The first-order chi connectivity index (χ1) is 13.8. The summed E-state index contributed by atoms with van der Waals surface area (Å²) in [6, 6.07) is 9.94. The number of carbonyl (C=O) groups excluding carboxylic acids is 1. The Morgan fingerprint density at radius 3 is 2.52 bits per heavy atom. The van der Waals surface area contributed by atoms with Crippen LogP contribution in [-0.4, -0.2) is 27.3 Å². The van der Waals surface area contributed by atoms with E-state index in [9.17, 15) is 9.59 Å². The Kier molecular flexibility index (Phi) is 8.96. The molecular weight excluding hydrogens is 382 g/mol. The van der Waals surface area contributed by atoms with Crippen LogP contribution in [0, 0.1) is 12.8 Å². The number of benzene rings is 1. The molecule has 158 valence electrons. The van der Waals surface area contributed by atoms with Crippen LogP contribution in [-0.2, 0) is 18.3 Å². The minimum absolute atomic E-state index is 0.0257. The molecule has 1 heterocycles. The number of aryl methyl sites for hydroxylation is 1. The van der Waals surface area contributed by atoms with Gasteiger partial charge in [-0.15, -0.1) is 0 Å². The summed E-state index contributed by atoms with van der Waals surface area (Å²) in [4.78, 5) is 30.3. The van der Waals surface area contributed by atoms with Gasteiger partial charge in [-0.05, 0) is 31.2 Å². The molecule has 2 rings (SSSR count). The van der Waals surface area contributed by atoms with E-state index in [1.165, 1.54) is 11.8 Å². The summed E-state index contributed by atoms with van der Waals surface area (Å²) in [6.07, 6.45) is 3.16. The van der Waals surface area contributed by atoms with Crippen LogP contribution in [0.5, 0.6) is 0 Å². The number of aromatic nitrogens is 2. The van der Waals surface area contributed by atoms with E-state index in [-0.39, 0.29) is 16.7 Å². The van der Waals surface area contributed by atoms with E-state index in [2.05, 4.69) is 31.1 Å². The smallest absolute Gasteiger partial charge is 0.257 e. The molecule has 0 aliphatic heterocycles. The molecule has 0 aliphatic carbocycles. The van der Waals surface area contributed by atoms with E-state index >= 15 is 0 Å². The van der Waals surface area contributed by atoms with E-state index in [0.717, 1.165) is 30.5 Å². The second-order valence-electron chi connectivity index (χ2n) is 7.85. The van der Waals surface area contributed by atoms with Crippen molar-refractivity contribution in [2.75, 3.05) is 6.54 Å². The summed E-state index contributed by atoms with van der Waals surface area (Å²) < 4.78 is 1.58.